The molecule has 1 atom stereocenters. The Hall–Kier alpha value is -1.42. The van der Waals surface area contributed by atoms with Gasteiger partial charge in [-0.25, -0.2) is 13.6 Å². The number of aryl methyl sites for hydroxylation is 1. The summed E-state index contributed by atoms with van der Waals surface area (Å²) in [6.07, 6.45) is 1.84. The summed E-state index contributed by atoms with van der Waals surface area (Å²) in [5, 5.41) is 18.4. The molecule has 3 saturated heterocycles. The summed E-state index contributed by atoms with van der Waals surface area (Å²) in [5.41, 5.74) is -0.948. The fraction of sp³-hybridized carbons (Fsp3) is 0.643. The Labute approximate surface area is 134 Å². The van der Waals surface area contributed by atoms with E-state index in [1.165, 1.54) is 6.92 Å². The highest BCUT2D eigenvalue weighted by atomic mass is 32.2. The molecule has 1 amide bonds. The molecule has 0 aromatic carbocycles. The number of hydrogen-bond donors (Lipinski definition) is 3. The molecule has 0 aliphatic carbocycles. The molecule has 3 fully saturated rings. The Morgan fingerprint density at radius 3 is 2.65 bits per heavy atom. The van der Waals surface area contributed by atoms with Gasteiger partial charge in [-0.05, 0) is 38.8 Å². The smallest absolute Gasteiger partial charge is 0.287 e. The summed E-state index contributed by atoms with van der Waals surface area (Å²) in [4.78, 5) is 14.1. The lowest BCUT2D eigenvalue weighted by molar-refractivity contribution is -0.108. The maximum Gasteiger partial charge on any atom is 0.287 e. The third-order valence-corrected chi connectivity index (χ3v) is 5.82. The summed E-state index contributed by atoms with van der Waals surface area (Å²) in [6, 6.07) is 1.11. The van der Waals surface area contributed by atoms with Crippen LogP contribution in [0.1, 0.15) is 29.2 Å². The molecule has 4 rings (SSSR count). The Kier molecular flexibility index (Phi) is 3.99. The van der Waals surface area contributed by atoms with Gasteiger partial charge in [-0.3, -0.25) is 4.79 Å². The number of furan rings is 1. The molecule has 0 saturated carbocycles. The number of hydrogen-bond acceptors (Lipinski definition) is 6. The van der Waals surface area contributed by atoms with Gasteiger partial charge in [0.15, 0.2) is 5.76 Å². The summed E-state index contributed by atoms with van der Waals surface area (Å²) in [6.45, 7) is 4.04. The van der Waals surface area contributed by atoms with Crippen LogP contribution in [0, 0.1) is 12.8 Å². The molecule has 0 radical (unpaired) electrons. The fourth-order valence-corrected chi connectivity index (χ4v) is 4.24. The topological polar surface area (TPSA) is 126 Å². The van der Waals surface area contributed by atoms with Gasteiger partial charge in [-0.15, -0.1) is 0 Å². The molecule has 9 heteroatoms. The van der Waals surface area contributed by atoms with Gasteiger partial charge in [0.1, 0.15) is 10.7 Å². The second kappa shape index (κ2) is 5.59. The van der Waals surface area contributed by atoms with Crippen molar-refractivity contribution in [3.63, 3.8) is 0 Å². The first-order valence-corrected chi connectivity index (χ1v) is 9.10. The molecule has 3 aliphatic heterocycles. The lowest BCUT2D eigenvalue weighted by Crippen LogP contribution is -2.63. The van der Waals surface area contributed by atoms with Crippen LogP contribution < -0.4 is 10.5 Å². The van der Waals surface area contributed by atoms with Gasteiger partial charge in [0.2, 0.25) is 10.0 Å². The zero-order chi connectivity index (χ0) is 16.8. The van der Waals surface area contributed by atoms with E-state index in [2.05, 4.69) is 10.2 Å². The minimum absolute atomic E-state index is 0.0687. The SMILES string of the molecule is Cc1oc(C(=O)NCC2(O)CN3CCC2CC3)cc1S(N)(=O)=O. The highest BCUT2D eigenvalue weighted by molar-refractivity contribution is 7.89. The van der Waals surface area contributed by atoms with Crippen molar-refractivity contribution >= 4 is 15.9 Å². The second-order valence-electron chi connectivity index (χ2n) is 6.41. The normalized spacial score (nSPS) is 30.4. The summed E-state index contributed by atoms with van der Waals surface area (Å²) >= 11 is 0. The first-order chi connectivity index (χ1) is 10.7. The minimum Gasteiger partial charge on any atom is -0.455 e. The molecular weight excluding hydrogens is 322 g/mol. The molecule has 1 aromatic rings. The predicted octanol–water partition coefficient (Wildman–Crippen LogP) is -0.578. The van der Waals surface area contributed by atoms with E-state index >= 15 is 0 Å². The molecule has 128 valence electrons. The van der Waals surface area contributed by atoms with Crippen LogP contribution in [-0.4, -0.2) is 56.1 Å². The van der Waals surface area contributed by atoms with Crippen molar-refractivity contribution in [1.82, 2.24) is 10.2 Å². The van der Waals surface area contributed by atoms with Gasteiger partial charge in [-0.2, -0.15) is 0 Å². The number of nitrogens with one attached hydrogen (secondary N) is 1. The van der Waals surface area contributed by atoms with Crippen LogP contribution in [0.5, 0.6) is 0 Å². The average Bonchev–Trinajstić information content (AvgIpc) is 2.88. The average molecular weight is 343 g/mol. The first kappa shape index (κ1) is 16.4. The molecule has 2 bridgehead atoms. The van der Waals surface area contributed by atoms with Crippen molar-refractivity contribution in [2.45, 2.75) is 30.3 Å². The number of amides is 1. The largest absolute Gasteiger partial charge is 0.455 e. The lowest BCUT2D eigenvalue weighted by atomic mass is 9.75. The van der Waals surface area contributed by atoms with Crippen LogP contribution in [0.2, 0.25) is 0 Å². The number of carbonyl (C=O) groups excluding carboxylic acids is 1. The summed E-state index contributed by atoms with van der Waals surface area (Å²) in [5.74, 6) is -0.449. The summed E-state index contributed by atoms with van der Waals surface area (Å²) in [7, 11) is -3.93. The predicted molar refractivity (Wildman–Crippen MR) is 81.3 cm³/mol. The molecule has 1 unspecified atom stereocenters. The maximum absolute atomic E-state index is 12.2. The molecular formula is C14H21N3O5S. The van der Waals surface area contributed by atoms with Crippen LogP contribution in [-0.2, 0) is 10.0 Å². The van der Waals surface area contributed by atoms with E-state index in [1.807, 2.05) is 0 Å². The third-order valence-electron chi connectivity index (χ3n) is 4.80. The number of nitrogens with two attached hydrogens (primary N) is 1. The first-order valence-electron chi connectivity index (χ1n) is 7.55. The zero-order valence-corrected chi connectivity index (χ0v) is 13.7. The number of primary sulfonamides is 1. The Bertz CT molecular complexity index is 721. The Morgan fingerprint density at radius 2 is 2.17 bits per heavy atom. The molecule has 8 nitrogen and oxygen atoms in total. The van der Waals surface area contributed by atoms with Crippen molar-refractivity contribution in [3.05, 3.63) is 17.6 Å². The number of rotatable bonds is 4. The number of aliphatic hydroxyl groups is 1. The molecule has 4 N–H and O–H groups in total. The van der Waals surface area contributed by atoms with Gasteiger partial charge >= 0.3 is 0 Å². The summed E-state index contributed by atoms with van der Waals surface area (Å²) < 4.78 is 27.9. The van der Waals surface area contributed by atoms with Crippen LogP contribution in [0.4, 0.5) is 0 Å². The van der Waals surface area contributed by atoms with Crippen molar-refractivity contribution in [1.29, 1.82) is 0 Å². The van der Waals surface area contributed by atoms with Crippen LogP contribution in [0.3, 0.4) is 0 Å². The standard InChI is InChI=1S/C14H21N3O5S/c1-9-12(23(15,20)21)6-11(22-9)13(18)16-7-14(19)8-17-4-2-10(14)3-5-17/h6,10,19H,2-5,7-8H2,1H3,(H,16,18)(H2,15,20,21). The highest BCUT2D eigenvalue weighted by Crippen LogP contribution is 2.35. The van der Waals surface area contributed by atoms with Gasteiger partial charge in [0.05, 0.1) is 5.60 Å². The van der Waals surface area contributed by atoms with Crippen molar-refractivity contribution in [2.75, 3.05) is 26.2 Å². The second-order valence-corrected chi connectivity index (χ2v) is 7.94. The molecule has 4 heterocycles. The number of piperidine rings is 3. The number of fused-ring (bicyclic) bond motifs is 3. The lowest BCUT2D eigenvalue weighted by Gasteiger charge is -2.50. The van der Waals surface area contributed by atoms with E-state index in [-0.39, 0.29) is 28.9 Å². The maximum atomic E-state index is 12.2. The number of nitrogens with zero attached hydrogens (tertiary/aromatic N) is 1. The quantitative estimate of drug-likeness (QED) is 0.672. The van der Waals surface area contributed by atoms with Gasteiger partial charge in [-0.1, -0.05) is 0 Å². The number of sulfonamides is 1. The van der Waals surface area contributed by atoms with Gasteiger partial charge in [0, 0.05) is 19.2 Å². The van der Waals surface area contributed by atoms with Crippen LogP contribution in [0.25, 0.3) is 0 Å². The monoisotopic (exact) mass is 343 g/mol. The Balaban J connectivity index is 1.68. The molecule has 23 heavy (non-hydrogen) atoms. The van der Waals surface area contributed by atoms with Crippen molar-refractivity contribution in [3.8, 4) is 0 Å². The van der Waals surface area contributed by atoms with E-state index in [4.69, 9.17) is 9.56 Å². The van der Waals surface area contributed by atoms with Gasteiger partial charge < -0.3 is 19.7 Å². The molecule has 3 aliphatic rings. The fourth-order valence-electron chi connectivity index (χ4n) is 3.53. The Morgan fingerprint density at radius 1 is 1.52 bits per heavy atom. The third kappa shape index (κ3) is 3.14. The zero-order valence-electron chi connectivity index (χ0n) is 12.9. The van der Waals surface area contributed by atoms with Gasteiger partial charge in [0.25, 0.3) is 5.91 Å². The van der Waals surface area contributed by atoms with E-state index in [1.54, 1.807) is 0 Å². The van der Waals surface area contributed by atoms with Crippen molar-refractivity contribution in [2.24, 2.45) is 11.1 Å². The minimum atomic E-state index is -3.93. The molecule has 1 aromatic heterocycles. The van der Waals surface area contributed by atoms with E-state index in [9.17, 15) is 18.3 Å². The van der Waals surface area contributed by atoms with Crippen LogP contribution >= 0.6 is 0 Å². The van der Waals surface area contributed by atoms with E-state index < -0.39 is 21.5 Å². The van der Waals surface area contributed by atoms with E-state index in [0.717, 1.165) is 32.0 Å². The van der Waals surface area contributed by atoms with Crippen LogP contribution in [0.15, 0.2) is 15.4 Å². The highest BCUT2D eigenvalue weighted by Gasteiger charge is 2.45. The number of carbonyl (C=O) groups is 1. The van der Waals surface area contributed by atoms with E-state index in [0.29, 0.717) is 6.54 Å². The molecule has 0 spiro atoms. The van der Waals surface area contributed by atoms with Crippen molar-refractivity contribution < 1.29 is 22.7 Å².